The van der Waals surface area contributed by atoms with Gasteiger partial charge < -0.3 is 4.18 Å². The molecular weight excluding hydrogens is 341 g/mol. The molecule has 0 radical (unpaired) electrons. The lowest BCUT2D eigenvalue weighted by Crippen LogP contribution is -2.25. The maximum atomic E-state index is 12.7. The van der Waals surface area contributed by atoms with Crippen LogP contribution in [0.3, 0.4) is 0 Å². The summed E-state index contributed by atoms with van der Waals surface area (Å²) in [6.45, 7) is 0. The summed E-state index contributed by atoms with van der Waals surface area (Å²) in [5.74, 6) is -0.375. The Bertz CT molecular complexity index is 942. The minimum absolute atomic E-state index is 0.260. The van der Waals surface area contributed by atoms with Crippen molar-refractivity contribution in [2.75, 3.05) is 0 Å². The van der Waals surface area contributed by atoms with Crippen LogP contribution in [-0.4, -0.2) is 13.9 Å². The van der Waals surface area contributed by atoms with Crippen LogP contribution >= 0.6 is 0 Å². The first-order valence-corrected chi connectivity index (χ1v) is 8.28. The molecule has 7 heteroatoms. The lowest BCUT2D eigenvalue weighted by molar-refractivity contribution is -0.0509. The fraction of sp³-hybridized carbons (Fsp3) is 0.0588. The molecule has 0 atom stereocenters. The van der Waals surface area contributed by atoms with Gasteiger partial charge in [-0.3, -0.25) is 0 Å². The van der Waals surface area contributed by atoms with Crippen LogP contribution in [-0.2, 0) is 14.3 Å². The highest BCUT2D eigenvalue weighted by atomic mass is 32.2. The van der Waals surface area contributed by atoms with Crippen molar-refractivity contribution < 1.29 is 25.8 Å². The van der Waals surface area contributed by atoms with Gasteiger partial charge in [-0.1, -0.05) is 60.7 Å². The van der Waals surface area contributed by atoms with Crippen molar-refractivity contribution in [1.29, 1.82) is 0 Å². The topological polar surface area (TPSA) is 43.4 Å². The van der Waals surface area contributed by atoms with E-state index in [4.69, 9.17) is 0 Å². The van der Waals surface area contributed by atoms with E-state index >= 15 is 0 Å². The number of halogens is 3. The fourth-order valence-corrected chi connectivity index (χ4v) is 2.76. The summed E-state index contributed by atoms with van der Waals surface area (Å²) in [4.78, 5) is 0. The molecule has 0 fully saturated rings. The molecule has 2 aromatic rings. The molecule has 24 heavy (non-hydrogen) atoms. The van der Waals surface area contributed by atoms with Gasteiger partial charge in [-0.05, 0) is 22.8 Å². The van der Waals surface area contributed by atoms with Gasteiger partial charge >= 0.3 is 15.6 Å². The zero-order valence-corrected chi connectivity index (χ0v) is 12.9. The minimum atomic E-state index is -5.76. The quantitative estimate of drug-likeness (QED) is 0.589. The van der Waals surface area contributed by atoms with Crippen molar-refractivity contribution >= 4 is 34.1 Å². The zero-order valence-electron chi connectivity index (χ0n) is 12.1. The first kappa shape index (κ1) is 16.3. The number of hydrogen-bond acceptors (Lipinski definition) is 3. The van der Waals surface area contributed by atoms with Gasteiger partial charge in [-0.15, -0.1) is 0 Å². The van der Waals surface area contributed by atoms with Gasteiger partial charge in [-0.2, -0.15) is 21.6 Å². The van der Waals surface area contributed by atoms with Crippen molar-refractivity contribution in [3.8, 4) is 0 Å². The highest BCUT2D eigenvalue weighted by Gasteiger charge is 2.49. The number of benzene rings is 2. The molecule has 0 heterocycles. The van der Waals surface area contributed by atoms with Gasteiger partial charge in [0.05, 0.1) is 0 Å². The zero-order chi connectivity index (χ0) is 17.4. The van der Waals surface area contributed by atoms with E-state index in [9.17, 15) is 21.6 Å². The van der Waals surface area contributed by atoms with Gasteiger partial charge in [0.15, 0.2) is 5.76 Å². The molecule has 0 N–H and O–H groups in total. The maximum absolute atomic E-state index is 12.7. The fourth-order valence-electron chi connectivity index (χ4n) is 2.29. The minimum Gasteiger partial charge on any atom is -0.375 e. The van der Waals surface area contributed by atoms with Gasteiger partial charge in [-0.25, -0.2) is 0 Å². The average Bonchev–Trinajstić information content (AvgIpc) is 2.50. The SMILES string of the molecule is O=S(=O)(O/C1=C/c2ccccc2/C=C\c2ccccc21)C(F)(F)F. The van der Waals surface area contributed by atoms with Crippen LogP contribution in [0.2, 0.25) is 0 Å². The Morgan fingerprint density at radius 3 is 2.00 bits per heavy atom. The molecule has 1 aliphatic carbocycles. The van der Waals surface area contributed by atoms with Crippen LogP contribution in [0.4, 0.5) is 13.2 Å². The van der Waals surface area contributed by atoms with Crippen molar-refractivity contribution in [1.82, 2.24) is 0 Å². The van der Waals surface area contributed by atoms with Crippen LogP contribution < -0.4 is 0 Å². The largest absolute Gasteiger partial charge is 0.534 e. The molecule has 0 saturated carbocycles. The maximum Gasteiger partial charge on any atom is 0.534 e. The third kappa shape index (κ3) is 3.07. The molecule has 0 unspecified atom stereocenters. The normalized spacial score (nSPS) is 17.5. The van der Waals surface area contributed by atoms with Crippen molar-refractivity contribution in [3.63, 3.8) is 0 Å². The van der Waals surface area contributed by atoms with E-state index in [0.717, 1.165) is 5.56 Å². The summed E-state index contributed by atoms with van der Waals surface area (Å²) in [6, 6.07) is 13.4. The standard InChI is InChI=1S/C17H11F3O3S/c18-17(19,20)24(21,22)23-16-11-14-7-2-1-5-12(14)9-10-13-6-3-4-8-15(13)16/h1-11H/b10-9-,12-9?,13-10?,14-11?,16-11+,16-15?. The second kappa shape index (κ2) is 5.83. The number of fused-ring (bicyclic) bond motifs is 2. The Hall–Kier alpha value is -2.54. The highest BCUT2D eigenvalue weighted by Crippen LogP contribution is 2.34. The van der Waals surface area contributed by atoms with E-state index in [1.165, 1.54) is 12.1 Å². The molecule has 2 aromatic carbocycles. The van der Waals surface area contributed by atoms with E-state index < -0.39 is 15.6 Å². The van der Waals surface area contributed by atoms with Gasteiger partial charge in [0.1, 0.15) is 0 Å². The monoisotopic (exact) mass is 352 g/mol. The molecule has 0 amide bonds. The predicted octanol–water partition coefficient (Wildman–Crippen LogP) is 4.53. The van der Waals surface area contributed by atoms with Crippen LogP contribution in [0.1, 0.15) is 22.3 Å². The van der Waals surface area contributed by atoms with Crippen LogP contribution in [0.15, 0.2) is 48.5 Å². The second-order valence-electron chi connectivity index (χ2n) is 5.04. The van der Waals surface area contributed by atoms with E-state index in [0.29, 0.717) is 11.1 Å². The molecular formula is C17H11F3O3S. The molecule has 0 spiro atoms. The molecule has 0 saturated heterocycles. The molecule has 0 aliphatic heterocycles. The Labute approximate surface area is 136 Å². The van der Waals surface area contributed by atoms with Crippen LogP contribution in [0, 0.1) is 0 Å². The van der Waals surface area contributed by atoms with Crippen molar-refractivity contribution in [2.24, 2.45) is 0 Å². The first-order valence-electron chi connectivity index (χ1n) is 6.87. The number of hydrogen-bond donors (Lipinski definition) is 0. The summed E-state index contributed by atoms with van der Waals surface area (Å²) >= 11 is 0. The summed E-state index contributed by atoms with van der Waals surface area (Å²) in [5, 5.41) is 0. The lowest BCUT2D eigenvalue weighted by Gasteiger charge is -2.16. The average molecular weight is 352 g/mol. The highest BCUT2D eigenvalue weighted by molar-refractivity contribution is 7.87. The molecule has 3 rings (SSSR count). The summed E-state index contributed by atoms with van der Waals surface area (Å²) in [6.07, 6.45) is 4.80. The summed E-state index contributed by atoms with van der Waals surface area (Å²) < 4.78 is 65.4. The number of alkyl halides is 3. The third-order valence-electron chi connectivity index (χ3n) is 3.43. The van der Waals surface area contributed by atoms with Crippen LogP contribution in [0.25, 0.3) is 24.0 Å². The molecule has 3 nitrogen and oxygen atoms in total. The summed E-state index contributed by atoms with van der Waals surface area (Å²) in [7, 11) is -5.76. The Kier molecular flexibility index (Phi) is 3.96. The molecule has 1 aliphatic rings. The van der Waals surface area contributed by atoms with E-state index in [1.807, 2.05) is 0 Å². The van der Waals surface area contributed by atoms with Gasteiger partial charge in [0.25, 0.3) is 0 Å². The number of rotatable bonds is 2. The Balaban J connectivity index is 2.19. The van der Waals surface area contributed by atoms with Gasteiger partial charge in [0, 0.05) is 5.56 Å². The molecule has 0 aromatic heterocycles. The third-order valence-corrected chi connectivity index (χ3v) is 4.40. The van der Waals surface area contributed by atoms with E-state index in [2.05, 4.69) is 4.18 Å². The second-order valence-corrected chi connectivity index (χ2v) is 6.58. The predicted molar refractivity (Wildman–Crippen MR) is 85.7 cm³/mol. The Morgan fingerprint density at radius 1 is 0.792 bits per heavy atom. The molecule has 0 bridgehead atoms. The van der Waals surface area contributed by atoms with Crippen molar-refractivity contribution in [3.05, 3.63) is 70.8 Å². The summed E-state index contributed by atoms with van der Waals surface area (Å²) in [5.41, 5.74) is -3.40. The van der Waals surface area contributed by atoms with Crippen molar-refractivity contribution in [2.45, 2.75) is 5.51 Å². The smallest absolute Gasteiger partial charge is 0.375 e. The van der Waals surface area contributed by atoms with Gasteiger partial charge in [0.2, 0.25) is 0 Å². The Morgan fingerprint density at radius 2 is 1.33 bits per heavy atom. The molecule has 124 valence electrons. The lowest BCUT2D eigenvalue weighted by atomic mass is 9.97. The van der Waals surface area contributed by atoms with E-state index in [1.54, 1.807) is 54.6 Å². The van der Waals surface area contributed by atoms with E-state index in [-0.39, 0.29) is 11.3 Å². The van der Waals surface area contributed by atoms with Crippen LogP contribution in [0.5, 0.6) is 0 Å². The first-order chi connectivity index (χ1) is 11.3.